The van der Waals surface area contributed by atoms with Gasteiger partial charge in [-0.25, -0.2) is 31.1 Å². The maximum atomic E-state index is 14.4. The number of hydrogen-bond donors (Lipinski definition) is 0. The van der Waals surface area contributed by atoms with E-state index in [1.165, 1.54) is 0 Å². The molecular weight excluding hydrogens is 495 g/mol. The minimum atomic E-state index is -5.36. The Kier molecular flexibility index (Phi) is 7.13. The number of esters is 1. The quantitative estimate of drug-likeness (QED) is 0.203. The van der Waals surface area contributed by atoms with Gasteiger partial charge in [-0.1, -0.05) is 12.1 Å². The SMILES string of the molecule is C/C(F)=C(\F)c1cc(F)c(-c2ccc(C(=O)Oc3cc(F)c(OC(F)(F)F)c(F)c3)cc2)c(F)c1. The van der Waals surface area contributed by atoms with E-state index in [4.69, 9.17) is 4.74 Å². The number of ether oxygens (including phenoxy) is 2. The Bertz CT molecular complexity index is 1260. The van der Waals surface area contributed by atoms with Crippen molar-refractivity contribution in [3.63, 3.8) is 0 Å². The second kappa shape index (κ2) is 9.72. The number of halogens is 9. The molecule has 0 saturated carbocycles. The van der Waals surface area contributed by atoms with Gasteiger partial charge in [-0.15, -0.1) is 13.2 Å². The van der Waals surface area contributed by atoms with Crippen LogP contribution in [0.5, 0.6) is 11.5 Å². The van der Waals surface area contributed by atoms with Gasteiger partial charge in [0.25, 0.3) is 0 Å². The Morgan fingerprint density at radius 1 is 0.771 bits per heavy atom. The maximum absolute atomic E-state index is 14.4. The fourth-order valence-electron chi connectivity index (χ4n) is 2.92. The third kappa shape index (κ3) is 5.94. The summed E-state index contributed by atoms with van der Waals surface area (Å²) in [5.74, 6) is -12.5. The number of alkyl halides is 3. The lowest BCUT2D eigenvalue weighted by molar-refractivity contribution is -0.276. The number of allylic oxidation sites excluding steroid dienone is 1. The molecule has 0 heterocycles. The number of rotatable bonds is 5. The summed E-state index contributed by atoms with van der Waals surface area (Å²) in [5, 5.41) is 0. The summed E-state index contributed by atoms with van der Waals surface area (Å²) >= 11 is 0. The second-order valence-electron chi connectivity index (χ2n) is 6.89. The molecule has 12 heteroatoms. The monoisotopic (exact) mass is 506 g/mol. The van der Waals surface area contributed by atoms with E-state index in [-0.39, 0.29) is 23.3 Å². The van der Waals surface area contributed by atoms with E-state index in [2.05, 4.69) is 4.74 Å². The molecule has 0 saturated heterocycles. The molecule has 3 aromatic carbocycles. The highest BCUT2D eigenvalue weighted by atomic mass is 19.4. The van der Waals surface area contributed by atoms with Crippen LogP contribution in [0.25, 0.3) is 17.0 Å². The topological polar surface area (TPSA) is 35.5 Å². The summed E-state index contributed by atoms with van der Waals surface area (Å²) in [5.41, 5.74) is -1.63. The van der Waals surface area contributed by atoms with Crippen molar-refractivity contribution in [2.75, 3.05) is 0 Å². The lowest BCUT2D eigenvalue weighted by atomic mass is 10.0. The molecule has 0 aliphatic rings. The average Bonchev–Trinajstić information content (AvgIpc) is 2.75. The molecule has 3 nitrogen and oxygen atoms in total. The fraction of sp³-hybridized carbons (Fsp3) is 0.0870. The molecule has 35 heavy (non-hydrogen) atoms. The highest BCUT2D eigenvalue weighted by Gasteiger charge is 2.34. The Morgan fingerprint density at radius 3 is 1.74 bits per heavy atom. The van der Waals surface area contributed by atoms with Crippen molar-refractivity contribution in [2.24, 2.45) is 0 Å². The fourth-order valence-corrected chi connectivity index (χ4v) is 2.92. The molecule has 0 aromatic heterocycles. The summed E-state index contributed by atoms with van der Waals surface area (Å²) in [7, 11) is 0. The minimum absolute atomic E-state index is 0.102. The molecular formula is C23H11F9O3. The molecule has 0 aliphatic carbocycles. The Hall–Kier alpha value is -3.96. The van der Waals surface area contributed by atoms with Gasteiger partial charge in [-0.3, -0.25) is 0 Å². The van der Waals surface area contributed by atoms with Crippen molar-refractivity contribution in [1.29, 1.82) is 0 Å². The molecule has 3 aromatic rings. The van der Waals surface area contributed by atoms with E-state index < -0.39 is 69.9 Å². The standard InChI is InChI=1S/C23H11F9O3/c1-10(24)20(29)13-6-15(25)19(16(26)7-13)11-2-4-12(5-3-11)22(33)34-14-8-17(27)21(18(28)9-14)35-23(30,31)32/h2-9H,1H3/b20-10+. The van der Waals surface area contributed by atoms with Gasteiger partial charge in [0.15, 0.2) is 17.5 Å². The van der Waals surface area contributed by atoms with E-state index >= 15 is 0 Å². The average molecular weight is 506 g/mol. The van der Waals surface area contributed by atoms with Crippen molar-refractivity contribution < 1.29 is 53.8 Å². The van der Waals surface area contributed by atoms with Crippen LogP contribution >= 0.6 is 0 Å². The first-order chi connectivity index (χ1) is 16.3. The van der Waals surface area contributed by atoms with Gasteiger partial charge >= 0.3 is 12.3 Å². The molecule has 0 bridgehead atoms. The smallest absolute Gasteiger partial charge is 0.423 e. The van der Waals surface area contributed by atoms with Gasteiger partial charge in [0.05, 0.1) is 11.1 Å². The highest BCUT2D eigenvalue weighted by Crippen LogP contribution is 2.33. The lowest BCUT2D eigenvalue weighted by Crippen LogP contribution is -2.19. The van der Waals surface area contributed by atoms with Crippen LogP contribution in [0.1, 0.15) is 22.8 Å². The molecule has 0 atom stereocenters. The second-order valence-corrected chi connectivity index (χ2v) is 6.89. The third-order valence-electron chi connectivity index (χ3n) is 4.41. The Balaban J connectivity index is 1.82. The molecule has 0 spiro atoms. The zero-order valence-corrected chi connectivity index (χ0v) is 17.2. The van der Waals surface area contributed by atoms with Gasteiger partial charge in [-0.05, 0) is 36.8 Å². The van der Waals surface area contributed by atoms with Gasteiger partial charge in [0.2, 0.25) is 5.75 Å². The minimum Gasteiger partial charge on any atom is -0.423 e. The first-order valence-electron chi connectivity index (χ1n) is 9.35. The van der Waals surface area contributed by atoms with Crippen molar-refractivity contribution in [1.82, 2.24) is 0 Å². The molecule has 3 rings (SSSR count). The molecule has 0 aliphatic heterocycles. The van der Waals surface area contributed by atoms with Crippen LogP contribution in [0.3, 0.4) is 0 Å². The number of carbonyl (C=O) groups excluding carboxylic acids is 1. The molecule has 0 N–H and O–H groups in total. The zero-order valence-electron chi connectivity index (χ0n) is 17.2. The van der Waals surface area contributed by atoms with Crippen molar-refractivity contribution >= 4 is 11.8 Å². The molecule has 0 radical (unpaired) electrons. The number of benzene rings is 3. The van der Waals surface area contributed by atoms with Crippen LogP contribution < -0.4 is 9.47 Å². The van der Waals surface area contributed by atoms with Crippen LogP contribution in [0, 0.1) is 23.3 Å². The van der Waals surface area contributed by atoms with Crippen LogP contribution in [-0.2, 0) is 0 Å². The van der Waals surface area contributed by atoms with Crippen LogP contribution in [0.2, 0.25) is 0 Å². The maximum Gasteiger partial charge on any atom is 0.573 e. The zero-order chi connectivity index (χ0) is 26.1. The summed E-state index contributed by atoms with van der Waals surface area (Å²) in [6.07, 6.45) is -5.36. The Morgan fingerprint density at radius 2 is 1.29 bits per heavy atom. The van der Waals surface area contributed by atoms with E-state index in [1.807, 2.05) is 0 Å². The third-order valence-corrected chi connectivity index (χ3v) is 4.41. The molecule has 0 fully saturated rings. The molecule has 0 unspecified atom stereocenters. The van der Waals surface area contributed by atoms with Crippen LogP contribution in [0.4, 0.5) is 39.5 Å². The van der Waals surface area contributed by atoms with E-state index in [9.17, 15) is 44.3 Å². The van der Waals surface area contributed by atoms with E-state index in [1.54, 1.807) is 0 Å². The normalized spacial score (nSPS) is 12.3. The first kappa shape index (κ1) is 25.7. The molecule has 184 valence electrons. The van der Waals surface area contributed by atoms with E-state index in [0.29, 0.717) is 12.1 Å². The largest absolute Gasteiger partial charge is 0.573 e. The first-order valence-corrected chi connectivity index (χ1v) is 9.35. The van der Waals surface area contributed by atoms with Gasteiger partial charge < -0.3 is 9.47 Å². The van der Waals surface area contributed by atoms with Gasteiger partial charge in [0, 0.05) is 17.7 Å². The summed E-state index contributed by atoms with van der Waals surface area (Å²) in [6.45, 7) is 0.768. The molecule has 0 amide bonds. The van der Waals surface area contributed by atoms with Crippen molar-refractivity contribution in [2.45, 2.75) is 13.3 Å². The van der Waals surface area contributed by atoms with Crippen LogP contribution in [-0.4, -0.2) is 12.3 Å². The van der Waals surface area contributed by atoms with Gasteiger partial charge in [0.1, 0.15) is 23.2 Å². The predicted octanol–water partition coefficient (Wildman–Crippen LogP) is 7.66. The summed E-state index contributed by atoms with van der Waals surface area (Å²) in [4.78, 5) is 12.2. The number of hydrogen-bond acceptors (Lipinski definition) is 3. The highest BCUT2D eigenvalue weighted by molar-refractivity contribution is 5.91. The summed E-state index contributed by atoms with van der Waals surface area (Å²) in [6, 6.07) is 5.94. The number of carbonyl (C=O) groups is 1. The lowest BCUT2D eigenvalue weighted by Gasteiger charge is -2.12. The Labute approximate surface area is 191 Å². The van der Waals surface area contributed by atoms with Crippen molar-refractivity contribution in [3.05, 3.63) is 88.8 Å². The van der Waals surface area contributed by atoms with E-state index in [0.717, 1.165) is 31.2 Å². The summed E-state index contributed by atoms with van der Waals surface area (Å²) < 4.78 is 127. The van der Waals surface area contributed by atoms with Crippen LogP contribution in [0.15, 0.2) is 54.4 Å². The van der Waals surface area contributed by atoms with Crippen molar-refractivity contribution in [3.8, 4) is 22.6 Å². The van der Waals surface area contributed by atoms with Gasteiger partial charge in [-0.2, -0.15) is 0 Å². The predicted molar refractivity (Wildman–Crippen MR) is 105 cm³/mol.